The molecule has 2 heteroatoms. The molecule has 15 heavy (non-hydrogen) atoms. The molecule has 3 rings (SSSR count). The monoisotopic (exact) mass is 202 g/mol. The summed E-state index contributed by atoms with van der Waals surface area (Å²) in [5.74, 6) is 0. The van der Waals surface area contributed by atoms with Crippen molar-refractivity contribution in [3.63, 3.8) is 0 Å². The minimum atomic E-state index is 0.797. The second kappa shape index (κ2) is 3.60. The third-order valence-electron chi connectivity index (χ3n) is 4.00. The minimum absolute atomic E-state index is 0.797. The molecule has 1 saturated heterocycles. The van der Waals surface area contributed by atoms with E-state index in [9.17, 15) is 0 Å². The van der Waals surface area contributed by atoms with Gasteiger partial charge in [0.1, 0.15) is 0 Å². The Morgan fingerprint density at radius 1 is 1.20 bits per heavy atom. The fourth-order valence-corrected chi connectivity index (χ4v) is 2.61. The maximum Gasteiger partial charge on any atom is 0.0312 e. The predicted molar refractivity (Wildman–Crippen MR) is 60.4 cm³/mol. The summed E-state index contributed by atoms with van der Waals surface area (Å²) in [5, 5.41) is 0. The first-order valence-electron chi connectivity index (χ1n) is 5.98. The van der Waals surface area contributed by atoms with Gasteiger partial charge in [0, 0.05) is 18.9 Å². The summed E-state index contributed by atoms with van der Waals surface area (Å²) in [6, 6.07) is 4.20. The molecule has 1 aromatic rings. The standard InChI is InChI=1S/C13H18N2/c1-2-12(10-14-7-1)11-15-8-5-13(3-4-13)6-9-15/h1-2,7,10H,3-6,8-9,11H2. The minimum Gasteiger partial charge on any atom is -0.299 e. The summed E-state index contributed by atoms with van der Waals surface area (Å²) in [7, 11) is 0. The number of nitrogens with zero attached hydrogens (tertiary/aromatic N) is 2. The second-order valence-corrected chi connectivity index (χ2v) is 5.14. The molecule has 80 valence electrons. The number of pyridine rings is 1. The lowest BCUT2D eigenvalue weighted by Crippen LogP contribution is -2.33. The van der Waals surface area contributed by atoms with E-state index in [-0.39, 0.29) is 0 Å². The fraction of sp³-hybridized carbons (Fsp3) is 0.615. The van der Waals surface area contributed by atoms with Crippen molar-refractivity contribution in [1.29, 1.82) is 0 Å². The number of aromatic nitrogens is 1. The van der Waals surface area contributed by atoms with Crippen LogP contribution in [0.1, 0.15) is 31.2 Å². The van der Waals surface area contributed by atoms with E-state index in [4.69, 9.17) is 0 Å². The number of hydrogen-bond donors (Lipinski definition) is 0. The smallest absolute Gasteiger partial charge is 0.0312 e. The molecule has 1 aliphatic heterocycles. The summed E-state index contributed by atoms with van der Waals surface area (Å²) in [6.45, 7) is 3.66. The molecule has 1 saturated carbocycles. The van der Waals surface area contributed by atoms with Gasteiger partial charge in [-0.2, -0.15) is 0 Å². The Hall–Kier alpha value is -0.890. The van der Waals surface area contributed by atoms with E-state index in [0.717, 1.165) is 12.0 Å². The van der Waals surface area contributed by atoms with Crippen LogP contribution in [-0.4, -0.2) is 23.0 Å². The third-order valence-corrected chi connectivity index (χ3v) is 4.00. The van der Waals surface area contributed by atoms with Crippen LogP contribution in [0.3, 0.4) is 0 Å². The summed E-state index contributed by atoms with van der Waals surface area (Å²) in [5.41, 5.74) is 2.15. The molecule has 0 unspecified atom stereocenters. The van der Waals surface area contributed by atoms with Gasteiger partial charge in [0.25, 0.3) is 0 Å². The maximum absolute atomic E-state index is 4.16. The van der Waals surface area contributed by atoms with Gasteiger partial charge in [0.05, 0.1) is 0 Å². The zero-order valence-corrected chi connectivity index (χ0v) is 9.15. The van der Waals surface area contributed by atoms with Crippen molar-refractivity contribution in [2.45, 2.75) is 32.2 Å². The first-order valence-corrected chi connectivity index (χ1v) is 5.98. The molecular formula is C13H18N2. The average molecular weight is 202 g/mol. The lowest BCUT2D eigenvalue weighted by molar-refractivity contribution is 0.166. The van der Waals surface area contributed by atoms with Crippen molar-refractivity contribution >= 4 is 0 Å². The van der Waals surface area contributed by atoms with Crippen LogP contribution < -0.4 is 0 Å². The largest absolute Gasteiger partial charge is 0.299 e. The van der Waals surface area contributed by atoms with Crippen molar-refractivity contribution < 1.29 is 0 Å². The average Bonchev–Trinajstić information content (AvgIpc) is 3.04. The first kappa shape index (κ1) is 9.34. The van der Waals surface area contributed by atoms with Crippen LogP contribution in [0.25, 0.3) is 0 Å². The molecule has 2 aliphatic rings. The van der Waals surface area contributed by atoms with Crippen LogP contribution in [0, 0.1) is 5.41 Å². The highest BCUT2D eigenvalue weighted by molar-refractivity contribution is 5.08. The van der Waals surface area contributed by atoms with Gasteiger partial charge in [-0.25, -0.2) is 0 Å². The highest BCUT2D eigenvalue weighted by Crippen LogP contribution is 2.53. The van der Waals surface area contributed by atoms with Crippen molar-refractivity contribution in [2.24, 2.45) is 5.41 Å². The van der Waals surface area contributed by atoms with Crippen molar-refractivity contribution in [1.82, 2.24) is 9.88 Å². The zero-order valence-electron chi connectivity index (χ0n) is 9.15. The molecule has 0 atom stereocenters. The van der Waals surface area contributed by atoms with E-state index in [2.05, 4.69) is 16.0 Å². The Morgan fingerprint density at radius 2 is 2.00 bits per heavy atom. The number of likely N-dealkylation sites (tertiary alicyclic amines) is 1. The van der Waals surface area contributed by atoms with Gasteiger partial charge in [0.15, 0.2) is 0 Å². The molecule has 1 spiro atoms. The molecule has 0 aromatic carbocycles. The molecule has 2 heterocycles. The van der Waals surface area contributed by atoms with Crippen LogP contribution >= 0.6 is 0 Å². The van der Waals surface area contributed by atoms with Crippen molar-refractivity contribution in [2.75, 3.05) is 13.1 Å². The molecule has 0 bridgehead atoms. The predicted octanol–water partition coefficient (Wildman–Crippen LogP) is 2.46. The Bertz CT molecular complexity index is 320. The van der Waals surface area contributed by atoms with E-state index in [1.807, 2.05) is 18.5 Å². The highest BCUT2D eigenvalue weighted by Gasteiger charge is 2.44. The quantitative estimate of drug-likeness (QED) is 0.732. The van der Waals surface area contributed by atoms with Crippen LogP contribution in [0.4, 0.5) is 0 Å². The molecule has 0 radical (unpaired) electrons. The summed E-state index contributed by atoms with van der Waals surface area (Å²) < 4.78 is 0. The van der Waals surface area contributed by atoms with Gasteiger partial charge >= 0.3 is 0 Å². The Morgan fingerprint density at radius 3 is 2.60 bits per heavy atom. The lowest BCUT2D eigenvalue weighted by atomic mass is 9.93. The van der Waals surface area contributed by atoms with Gasteiger partial charge in [-0.15, -0.1) is 0 Å². The Labute approximate surface area is 91.3 Å². The SMILES string of the molecule is c1cncc(CN2CCC3(CC2)CC3)c1. The Kier molecular flexibility index (Phi) is 2.24. The second-order valence-electron chi connectivity index (χ2n) is 5.14. The van der Waals surface area contributed by atoms with E-state index in [1.54, 1.807) is 0 Å². The molecule has 0 N–H and O–H groups in total. The van der Waals surface area contributed by atoms with Crippen LogP contribution in [0.15, 0.2) is 24.5 Å². The van der Waals surface area contributed by atoms with E-state index >= 15 is 0 Å². The molecule has 1 aromatic heterocycles. The van der Waals surface area contributed by atoms with Crippen molar-refractivity contribution in [3.8, 4) is 0 Å². The van der Waals surface area contributed by atoms with Gasteiger partial charge in [-0.05, 0) is 55.8 Å². The van der Waals surface area contributed by atoms with Crippen LogP contribution in [0.2, 0.25) is 0 Å². The first-order chi connectivity index (χ1) is 7.36. The maximum atomic E-state index is 4.16. The van der Waals surface area contributed by atoms with Gasteiger partial charge in [0.2, 0.25) is 0 Å². The summed E-state index contributed by atoms with van der Waals surface area (Å²) in [6.07, 6.45) is 9.67. The van der Waals surface area contributed by atoms with E-state index < -0.39 is 0 Å². The molecule has 1 aliphatic carbocycles. The third kappa shape index (κ3) is 2.05. The highest BCUT2D eigenvalue weighted by atomic mass is 15.1. The molecule has 2 nitrogen and oxygen atoms in total. The van der Waals surface area contributed by atoms with E-state index in [1.165, 1.54) is 44.3 Å². The van der Waals surface area contributed by atoms with Crippen LogP contribution in [-0.2, 0) is 6.54 Å². The number of hydrogen-bond acceptors (Lipinski definition) is 2. The number of piperidine rings is 1. The summed E-state index contributed by atoms with van der Waals surface area (Å²) in [4.78, 5) is 6.73. The van der Waals surface area contributed by atoms with Gasteiger partial charge < -0.3 is 0 Å². The number of rotatable bonds is 2. The topological polar surface area (TPSA) is 16.1 Å². The van der Waals surface area contributed by atoms with Crippen LogP contribution in [0.5, 0.6) is 0 Å². The fourth-order valence-electron chi connectivity index (χ4n) is 2.61. The molecule has 2 fully saturated rings. The molecule has 0 amide bonds. The van der Waals surface area contributed by atoms with Gasteiger partial charge in [-0.1, -0.05) is 6.07 Å². The zero-order chi connectivity index (χ0) is 10.1. The molecular weight excluding hydrogens is 184 g/mol. The normalized spacial score (nSPS) is 24.3. The van der Waals surface area contributed by atoms with Crippen molar-refractivity contribution in [3.05, 3.63) is 30.1 Å². The van der Waals surface area contributed by atoms with E-state index in [0.29, 0.717) is 0 Å². The Balaban J connectivity index is 1.56. The summed E-state index contributed by atoms with van der Waals surface area (Å²) >= 11 is 0. The van der Waals surface area contributed by atoms with Gasteiger partial charge in [-0.3, -0.25) is 9.88 Å². The lowest BCUT2D eigenvalue weighted by Gasteiger charge is -2.31.